The summed E-state index contributed by atoms with van der Waals surface area (Å²) in [5.41, 5.74) is 0.801. The zero-order valence-electron chi connectivity index (χ0n) is 11.4. The standard InChI is InChI=1S/C15H9F3N2O3/c16-15(17,18)23-10-7-5-9(6-8-10)19-13-11-3-1-2-4-12(11)22-14(21)20-13/h1-8H,(H,19,20,21). The average Bonchev–Trinajstić information content (AvgIpc) is 2.47. The second-order valence-corrected chi connectivity index (χ2v) is 4.52. The molecule has 0 aliphatic carbocycles. The maximum atomic E-state index is 12.1. The second-order valence-electron chi connectivity index (χ2n) is 4.52. The summed E-state index contributed by atoms with van der Waals surface area (Å²) in [6.07, 6.45) is -4.74. The van der Waals surface area contributed by atoms with Gasteiger partial charge in [0.25, 0.3) is 0 Å². The van der Waals surface area contributed by atoms with E-state index in [-0.39, 0.29) is 11.6 Å². The monoisotopic (exact) mass is 322 g/mol. The van der Waals surface area contributed by atoms with Crippen molar-refractivity contribution < 1.29 is 22.3 Å². The summed E-state index contributed by atoms with van der Waals surface area (Å²) >= 11 is 0. The highest BCUT2D eigenvalue weighted by molar-refractivity contribution is 5.89. The van der Waals surface area contributed by atoms with Gasteiger partial charge in [0, 0.05) is 5.69 Å². The van der Waals surface area contributed by atoms with E-state index in [4.69, 9.17) is 4.42 Å². The number of para-hydroxylation sites is 1. The van der Waals surface area contributed by atoms with E-state index in [1.807, 2.05) is 0 Å². The molecule has 2 aromatic carbocycles. The van der Waals surface area contributed by atoms with Gasteiger partial charge in [-0.3, -0.25) is 0 Å². The van der Waals surface area contributed by atoms with Crippen LogP contribution in [0.4, 0.5) is 24.7 Å². The summed E-state index contributed by atoms with van der Waals surface area (Å²) in [5, 5.41) is 3.44. The fourth-order valence-corrected chi connectivity index (χ4v) is 1.99. The maximum Gasteiger partial charge on any atom is 0.573 e. The lowest BCUT2D eigenvalue weighted by atomic mass is 10.2. The van der Waals surface area contributed by atoms with E-state index in [0.29, 0.717) is 16.7 Å². The molecule has 0 bridgehead atoms. The number of halogens is 3. The van der Waals surface area contributed by atoms with E-state index in [1.165, 1.54) is 12.1 Å². The maximum absolute atomic E-state index is 12.1. The summed E-state index contributed by atoms with van der Waals surface area (Å²) in [6, 6.07) is 11.8. The van der Waals surface area contributed by atoms with Crippen LogP contribution in [0, 0.1) is 0 Å². The van der Waals surface area contributed by atoms with Gasteiger partial charge in [0.1, 0.15) is 17.2 Å². The van der Waals surface area contributed by atoms with Gasteiger partial charge in [-0.1, -0.05) is 12.1 Å². The number of ether oxygens (including phenoxy) is 1. The molecule has 5 nitrogen and oxygen atoms in total. The molecule has 3 aromatic rings. The number of nitrogens with one attached hydrogen (secondary N) is 1. The van der Waals surface area contributed by atoms with Crippen LogP contribution >= 0.6 is 0 Å². The molecule has 1 heterocycles. The Kier molecular flexibility index (Phi) is 3.65. The Balaban J connectivity index is 1.89. The van der Waals surface area contributed by atoms with Gasteiger partial charge in [-0.15, -0.1) is 13.2 Å². The Morgan fingerprint density at radius 2 is 1.74 bits per heavy atom. The van der Waals surface area contributed by atoms with Gasteiger partial charge in [0.15, 0.2) is 0 Å². The van der Waals surface area contributed by atoms with E-state index in [2.05, 4.69) is 15.0 Å². The first-order chi connectivity index (χ1) is 10.9. The molecule has 3 rings (SSSR count). The van der Waals surface area contributed by atoms with Crippen molar-refractivity contribution >= 4 is 22.5 Å². The molecule has 0 amide bonds. The third-order valence-electron chi connectivity index (χ3n) is 2.89. The lowest BCUT2D eigenvalue weighted by Gasteiger charge is -2.10. The molecular formula is C15H9F3N2O3. The van der Waals surface area contributed by atoms with Crippen LogP contribution in [0.15, 0.2) is 57.7 Å². The van der Waals surface area contributed by atoms with Crippen molar-refractivity contribution in [3.8, 4) is 5.75 Å². The predicted molar refractivity (Wildman–Crippen MR) is 76.7 cm³/mol. The minimum atomic E-state index is -4.74. The molecule has 118 valence electrons. The Bertz CT molecular complexity index is 889. The van der Waals surface area contributed by atoms with E-state index < -0.39 is 12.1 Å². The molecule has 0 aliphatic rings. The first-order valence-corrected chi connectivity index (χ1v) is 6.43. The fraction of sp³-hybridized carbons (Fsp3) is 0.0667. The first-order valence-electron chi connectivity index (χ1n) is 6.43. The number of fused-ring (bicyclic) bond motifs is 1. The third-order valence-corrected chi connectivity index (χ3v) is 2.89. The SMILES string of the molecule is O=c1nc(Nc2ccc(OC(F)(F)F)cc2)c2ccccc2o1. The minimum Gasteiger partial charge on any atom is -0.408 e. The molecule has 0 spiro atoms. The summed E-state index contributed by atoms with van der Waals surface area (Å²) in [6.45, 7) is 0. The lowest BCUT2D eigenvalue weighted by Crippen LogP contribution is -2.17. The van der Waals surface area contributed by atoms with Crippen molar-refractivity contribution in [3.63, 3.8) is 0 Å². The molecule has 1 aromatic heterocycles. The molecule has 1 N–H and O–H groups in total. The van der Waals surface area contributed by atoms with Crippen molar-refractivity contribution in [2.75, 3.05) is 5.32 Å². The van der Waals surface area contributed by atoms with Crippen LogP contribution in [-0.2, 0) is 0 Å². The zero-order chi connectivity index (χ0) is 16.4. The lowest BCUT2D eigenvalue weighted by molar-refractivity contribution is -0.274. The Hall–Kier alpha value is -3.03. The number of anilines is 2. The molecule has 8 heteroatoms. The Morgan fingerprint density at radius 3 is 2.43 bits per heavy atom. The van der Waals surface area contributed by atoms with Crippen LogP contribution in [0.5, 0.6) is 5.75 Å². The molecule has 0 saturated heterocycles. The van der Waals surface area contributed by atoms with Gasteiger partial charge < -0.3 is 14.5 Å². The number of benzene rings is 2. The summed E-state index contributed by atoms with van der Waals surface area (Å²) in [7, 11) is 0. The van der Waals surface area contributed by atoms with Crippen molar-refractivity contribution in [3.05, 3.63) is 59.1 Å². The van der Waals surface area contributed by atoms with Gasteiger partial charge >= 0.3 is 12.1 Å². The molecule has 0 atom stereocenters. The fourth-order valence-electron chi connectivity index (χ4n) is 1.99. The van der Waals surface area contributed by atoms with Gasteiger partial charge in [0.05, 0.1) is 5.39 Å². The summed E-state index contributed by atoms with van der Waals surface area (Å²) in [5.74, 6) is -0.863. The number of alkyl halides is 3. The van der Waals surface area contributed by atoms with E-state index >= 15 is 0 Å². The first kappa shape index (κ1) is 14.9. The number of hydrogen-bond acceptors (Lipinski definition) is 5. The minimum absolute atomic E-state index is 0.251. The molecule has 23 heavy (non-hydrogen) atoms. The smallest absolute Gasteiger partial charge is 0.408 e. The van der Waals surface area contributed by atoms with Crippen molar-refractivity contribution in [1.29, 1.82) is 0 Å². The number of rotatable bonds is 3. The van der Waals surface area contributed by atoms with Crippen molar-refractivity contribution in [2.45, 2.75) is 6.36 Å². The van der Waals surface area contributed by atoms with Gasteiger partial charge in [-0.05, 0) is 36.4 Å². The molecule has 0 aliphatic heterocycles. The Labute approximate surface area is 127 Å². The van der Waals surface area contributed by atoms with Crippen LogP contribution in [0.25, 0.3) is 11.0 Å². The molecule has 0 saturated carbocycles. The Morgan fingerprint density at radius 1 is 1.04 bits per heavy atom. The van der Waals surface area contributed by atoms with Gasteiger partial charge in [-0.2, -0.15) is 4.98 Å². The molecular weight excluding hydrogens is 313 g/mol. The predicted octanol–water partition coefficient (Wildman–Crippen LogP) is 3.83. The summed E-state index contributed by atoms with van der Waals surface area (Å²) < 4.78 is 45.1. The summed E-state index contributed by atoms with van der Waals surface area (Å²) in [4.78, 5) is 15.2. The van der Waals surface area contributed by atoms with Crippen molar-refractivity contribution in [2.24, 2.45) is 0 Å². The van der Waals surface area contributed by atoms with E-state index in [1.54, 1.807) is 24.3 Å². The number of aromatic nitrogens is 1. The largest absolute Gasteiger partial charge is 0.573 e. The van der Waals surface area contributed by atoms with Crippen LogP contribution < -0.4 is 15.8 Å². The third kappa shape index (κ3) is 3.60. The number of nitrogens with zero attached hydrogens (tertiary/aromatic N) is 1. The second kappa shape index (κ2) is 5.64. The van der Waals surface area contributed by atoms with Crippen LogP contribution in [-0.4, -0.2) is 11.3 Å². The molecule has 0 radical (unpaired) electrons. The van der Waals surface area contributed by atoms with Crippen LogP contribution in [0.3, 0.4) is 0 Å². The number of hydrogen-bond donors (Lipinski definition) is 1. The molecule has 0 unspecified atom stereocenters. The van der Waals surface area contributed by atoms with Crippen LogP contribution in [0.1, 0.15) is 0 Å². The van der Waals surface area contributed by atoms with Gasteiger partial charge in [-0.25, -0.2) is 4.79 Å². The van der Waals surface area contributed by atoms with E-state index in [0.717, 1.165) is 12.1 Å². The highest BCUT2D eigenvalue weighted by Crippen LogP contribution is 2.26. The van der Waals surface area contributed by atoms with Gasteiger partial charge in [0.2, 0.25) is 0 Å². The average molecular weight is 322 g/mol. The highest BCUT2D eigenvalue weighted by Gasteiger charge is 2.30. The van der Waals surface area contributed by atoms with E-state index in [9.17, 15) is 18.0 Å². The zero-order valence-corrected chi connectivity index (χ0v) is 11.4. The van der Waals surface area contributed by atoms with Crippen molar-refractivity contribution in [1.82, 2.24) is 4.98 Å². The van der Waals surface area contributed by atoms with Crippen LogP contribution in [0.2, 0.25) is 0 Å². The highest BCUT2D eigenvalue weighted by atomic mass is 19.4. The quantitative estimate of drug-likeness (QED) is 0.794. The normalized spacial score (nSPS) is 11.4. The molecule has 0 fully saturated rings. The topological polar surface area (TPSA) is 64.4 Å².